The van der Waals surface area contributed by atoms with Crippen molar-refractivity contribution in [3.63, 3.8) is 0 Å². The first-order valence-corrected chi connectivity index (χ1v) is 8.56. The second kappa shape index (κ2) is 7.44. The van der Waals surface area contributed by atoms with Crippen LogP contribution in [0.1, 0.15) is 43.2 Å². The zero-order valence-electron chi connectivity index (χ0n) is 13.5. The van der Waals surface area contributed by atoms with Crippen LogP contribution in [0.2, 0.25) is 0 Å². The molecule has 1 aromatic carbocycles. The SMILES string of the molecule is O=C(NCCC1=CCCCC1)C(=O)N1CCc2ccccc2C1. The third-order valence-corrected chi connectivity index (χ3v) is 4.73. The highest BCUT2D eigenvalue weighted by atomic mass is 16.2. The Bertz CT molecular complexity index is 622. The molecular formula is C19H24N2O2. The van der Waals surface area contributed by atoms with E-state index in [0.717, 1.165) is 31.2 Å². The molecule has 4 nitrogen and oxygen atoms in total. The lowest BCUT2D eigenvalue weighted by Crippen LogP contribution is -2.45. The highest BCUT2D eigenvalue weighted by molar-refractivity contribution is 6.35. The largest absolute Gasteiger partial charge is 0.348 e. The zero-order valence-corrected chi connectivity index (χ0v) is 13.5. The molecule has 0 atom stereocenters. The van der Waals surface area contributed by atoms with Gasteiger partial charge < -0.3 is 10.2 Å². The number of nitrogens with one attached hydrogen (secondary N) is 1. The summed E-state index contributed by atoms with van der Waals surface area (Å²) in [5.74, 6) is -0.877. The highest BCUT2D eigenvalue weighted by Crippen LogP contribution is 2.20. The van der Waals surface area contributed by atoms with Crippen molar-refractivity contribution in [1.29, 1.82) is 0 Å². The van der Waals surface area contributed by atoms with Crippen LogP contribution in [0, 0.1) is 0 Å². The molecule has 0 bridgehead atoms. The van der Waals surface area contributed by atoms with Gasteiger partial charge in [0.15, 0.2) is 0 Å². The van der Waals surface area contributed by atoms with E-state index in [2.05, 4.69) is 17.5 Å². The molecule has 0 spiro atoms. The Morgan fingerprint density at radius 2 is 1.91 bits per heavy atom. The standard InChI is InChI=1S/C19H24N2O2/c22-18(20-12-10-15-6-2-1-3-7-15)19(23)21-13-11-16-8-4-5-9-17(16)14-21/h4-6,8-9H,1-3,7,10-14H2,(H,20,22). The van der Waals surface area contributed by atoms with Crippen molar-refractivity contribution in [1.82, 2.24) is 10.2 Å². The summed E-state index contributed by atoms with van der Waals surface area (Å²) in [5, 5.41) is 2.78. The Hall–Kier alpha value is -2.10. The number of benzene rings is 1. The van der Waals surface area contributed by atoms with Crippen LogP contribution in [-0.2, 0) is 22.6 Å². The van der Waals surface area contributed by atoms with Crippen LogP contribution >= 0.6 is 0 Å². The fourth-order valence-corrected chi connectivity index (χ4v) is 3.36. The van der Waals surface area contributed by atoms with E-state index < -0.39 is 11.8 Å². The third kappa shape index (κ3) is 4.01. The second-order valence-electron chi connectivity index (χ2n) is 6.36. The van der Waals surface area contributed by atoms with Gasteiger partial charge in [0, 0.05) is 19.6 Å². The Morgan fingerprint density at radius 3 is 2.70 bits per heavy atom. The van der Waals surface area contributed by atoms with Crippen molar-refractivity contribution in [3.8, 4) is 0 Å². The van der Waals surface area contributed by atoms with Gasteiger partial charge in [0.2, 0.25) is 0 Å². The van der Waals surface area contributed by atoms with E-state index in [1.54, 1.807) is 4.90 Å². The molecule has 0 saturated heterocycles. The number of carbonyl (C=O) groups is 2. The van der Waals surface area contributed by atoms with E-state index >= 15 is 0 Å². The molecule has 3 rings (SSSR count). The van der Waals surface area contributed by atoms with Gasteiger partial charge in [0.05, 0.1) is 0 Å². The molecule has 1 heterocycles. The molecule has 4 heteroatoms. The number of rotatable bonds is 3. The summed E-state index contributed by atoms with van der Waals surface area (Å²) < 4.78 is 0. The van der Waals surface area contributed by atoms with Crippen molar-refractivity contribution in [2.24, 2.45) is 0 Å². The van der Waals surface area contributed by atoms with E-state index in [0.29, 0.717) is 19.6 Å². The summed E-state index contributed by atoms with van der Waals surface area (Å²) in [7, 11) is 0. The predicted molar refractivity (Wildman–Crippen MR) is 89.7 cm³/mol. The van der Waals surface area contributed by atoms with E-state index in [9.17, 15) is 9.59 Å². The number of fused-ring (bicyclic) bond motifs is 1. The third-order valence-electron chi connectivity index (χ3n) is 4.73. The van der Waals surface area contributed by atoms with Crippen LogP contribution in [0.3, 0.4) is 0 Å². The molecule has 0 unspecified atom stereocenters. The summed E-state index contributed by atoms with van der Waals surface area (Å²) >= 11 is 0. The summed E-state index contributed by atoms with van der Waals surface area (Å²) in [5.41, 5.74) is 3.84. The molecule has 23 heavy (non-hydrogen) atoms. The summed E-state index contributed by atoms with van der Waals surface area (Å²) in [6, 6.07) is 8.12. The molecule has 122 valence electrons. The lowest BCUT2D eigenvalue weighted by atomic mass is 9.97. The molecule has 0 aromatic heterocycles. The Balaban J connectivity index is 1.48. The van der Waals surface area contributed by atoms with Gasteiger partial charge in [-0.1, -0.05) is 35.9 Å². The number of hydrogen-bond acceptors (Lipinski definition) is 2. The molecule has 0 radical (unpaired) electrons. The molecule has 1 N–H and O–H groups in total. The number of amides is 2. The van der Waals surface area contributed by atoms with Crippen molar-refractivity contribution in [2.45, 2.75) is 45.1 Å². The van der Waals surface area contributed by atoms with Crippen molar-refractivity contribution < 1.29 is 9.59 Å². The van der Waals surface area contributed by atoms with Crippen LogP contribution < -0.4 is 5.32 Å². The van der Waals surface area contributed by atoms with Gasteiger partial charge in [-0.25, -0.2) is 0 Å². The van der Waals surface area contributed by atoms with Crippen LogP contribution in [0.4, 0.5) is 0 Å². The number of allylic oxidation sites excluding steroid dienone is 1. The minimum absolute atomic E-state index is 0.405. The zero-order chi connectivity index (χ0) is 16.1. The normalized spacial score (nSPS) is 17.2. The smallest absolute Gasteiger partial charge is 0.312 e. The van der Waals surface area contributed by atoms with Crippen LogP contribution in [0.15, 0.2) is 35.9 Å². The molecular weight excluding hydrogens is 288 g/mol. The van der Waals surface area contributed by atoms with Gasteiger partial charge in [0.1, 0.15) is 0 Å². The highest BCUT2D eigenvalue weighted by Gasteiger charge is 2.25. The number of hydrogen-bond donors (Lipinski definition) is 1. The van der Waals surface area contributed by atoms with E-state index in [1.807, 2.05) is 18.2 Å². The first-order valence-electron chi connectivity index (χ1n) is 8.56. The van der Waals surface area contributed by atoms with Crippen molar-refractivity contribution in [2.75, 3.05) is 13.1 Å². The molecule has 2 amide bonds. The minimum atomic E-state index is -0.471. The van der Waals surface area contributed by atoms with Crippen LogP contribution in [-0.4, -0.2) is 29.8 Å². The molecule has 2 aliphatic rings. The van der Waals surface area contributed by atoms with Gasteiger partial charge in [0.25, 0.3) is 0 Å². The molecule has 1 aromatic rings. The second-order valence-corrected chi connectivity index (χ2v) is 6.36. The maximum Gasteiger partial charge on any atom is 0.312 e. The van der Waals surface area contributed by atoms with Crippen molar-refractivity contribution in [3.05, 3.63) is 47.0 Å². The lowest BCUT2D eigenvalue weighted by Gasteiger charge is -2.28. The molecule has 1 aliphatic heterocycles. The first kappa shape index (κ1) is 15.8. The van der Waals surface area contributed by atoms with Crippen molar-refractivity contribution >= 4 is 11.8 Å². The van der Waals surface area contributed by atoms with Gasteiger partial charge in [-0.2, -0.15) is 0 Å². The quantitative estimate of drug-likeness (QED) is 0.689. The summed E-state index contributed by atoms with van der Waals surface area (Å²) in [4.78, 5) is 26.0. The van der Waals surface area contributed by atoms with Gasteiger partial charge in [-0.3, -0.25) is 9.59 Å². The average molecular weight is 312 g/mol. The Morgan fingerprint density at radius 1 is 1.09 bits per heavy atom. The topological polar surface area (TPSA) is 49.4 Å². The number of nitrogens with zero attached hydrogens (tertiary/aromatic N) is 1. The Kier molecular flexibility index (Phi) is 5.11. The maximum atomic E-state index is 12.3. The van der Waals surface area contributed by atoms with Gasteiger partial charge in [-0.05, 0) is 49.7 Å². The fraction of sp³-hybridized carbons (Fsp3) is 0.474. The summed E-state index contributed by atoms with van der Waals surface area (Å²) in [6.45, 7) is 1.71. The van der Waals surface area contributed by atoms with E-state index in [1.165, 1.54) is 24.0 Å². The van der Waals surface area contributed by atoms with Crippen LogP contribution in [0.5, 0.6) is 0 Å². The van der Waals surface area contributed by atoms with E-state index in [4.69, 9.17) is 0 Å². The van der Waals surface area contributed by atoms with Gasteiger partial charge in [-0.15, -0.1) is 0 Å². The number of carbonyl (C=O) groups excluding carboxylic acids is 2. The van der Waals surface area contributed by atoms with Gasteiger partial charge >= 0.3 is 11.8 Å². The summed E-state index contributed by atoms with van der Waals surface area (Å²) in [6.07, 6.45) is 8.75. The molecule has 1 aliphatic carbocycles. The predicted octanol–water partition coefficient (Wildman–Crippen LogP) is 2.58. The molecule has 0 saturated carbocycles. The monoisotopic (exact) mass is 312 g/mol. The first-order chi connectivity index (χ1) is 11.2. The molecule has 0 fully saturated rings. The maximum absolute atomic E-state index is 12.3. The van der Waals surface area contributed by atoms with E-state index in [-0.39, 0.29) is 0 Å². The fourth-order valence-electron chi connectivity index (χ4n) is 3.36. The average Bonchev–Trinajstić information content (AvgIpc) is 2.61. The minimum Gasteiger partial charge on any atom is -0.348 e. The van der Waals surface area contributed by atoms with Crippen LogP contribution in [0.25, 0.3) is 0 Å². The lowest BCUT2D eigenvalue weighted by molar-refractivity contribution is -0.146. The Labute approximate surface area is 137 Å².